The van der Waals surface area contributed by atoms with Crippen LogP contribution in [0.15, 0.2) is 24.3 Å². The minimum Gasteiger partial charge on any atom is -0.325 e. The van der Waals surface area contributed by atoms with Gasteiger partial charge in [0.15, 0.2) is 0 Å². The Morgan fingerprint density at radius 3 is 2.76 bits per heavy atom. The number of nitrogens with one attached hydrogen (secondary N) is 2. The molecule has 0 saturated carbocycles. The zero-order valence-corrected chi connectivity index (χ0v) is 13.3. The number of rotatable bonds is 6. The third-order valence-corrected chi connectivity index (χ3v) is 4.33. The summed E-state index contributed by atoms with van der Waals surface area (Å²) in [6, 6.07) is 7.93. The number of carbonyl (C=O) groups excluding carboxylic acids is 1. The third-order valence-electron chi connectivity index (χ3n) is 4.01. The number of benzene rings is 1. The van der Waals surface area contributed by atoms with E-state index in [0.717, 1.165) is 26.2 Å². The van der Waals surface area contributed by atoms with Gasteiger partial charge in [-0.25, -0.2) is 0 Å². The Morgan fingerprint density at radius 2 is 2.10 bits per heavy atom. The van der Waals surface area contributed by atoms with E-state index < -0.39 is 0 Å². The first kappa shape index (κ1) is 16.3. The second-order valence-electron chi connectivity index (χ2n) is 5.39. The fourth-order valence-electron chi connectivity index (χ4n) is 2.79. The number of hydrogen-bond donors (Lipinski definition) is 2. The van der Waals surface area contributed by atoms with Gasteiger partial charge in [0.2, 0.25) is 5.91 Å². The summed E-state index contributed by atoms with van der Waals surface area (Å²) in [5.74, 6) is 0.0236. The van der Waals surface area contributed by atoms with Crippen LogP contribution in [0, 0.1) is 0 Å². The van der Waals surface area contributed by atoms with Crippen molar-refractivity contribution in [3.63, 3.8) is 0 Å². The zero-order chi connectivity index (χ0) is 15.1. The summed E-state index contributed by atoms with van der Waals surface area (Å²) in [6.45, 7) is 6.11. The van der Waals surface area contributed by atoms with Gasteiger partial charge < -0.3 is 15.5 Å². The van der Waals surface area contributed by atoms with E-state index in [9.17, 15) is 4.79 Å². The molecule has 0 bridgehead atoms. The van der Waals surface area contributed by atoms with Crippen molar-refractivity contribution in [2.75, 3.05) is 31.5 Å². The van der Waals surface area contributed by atoms with Gasteiger partial charge in [-0.15, -0.1) is 0 Å². The quantitative estimate of drug-likeness (QED) is 0.849. The molecule has 1 aromatic rings. The fraction of sp³-hybridized carbons (Fsp3) is 0.562. The monoisotopic (exact) mass is 309 g/mol. The van der Waals surface area contributed by atoms with Gasteiger partial charge >= 0.3 is 0 Å². The predicted octanol–water partition coefficient (Wildman–Crippen LogP) is 2.74. The number of carbonyl (C=O) groups is 1. The van der Waals surface area contributed by atoms with Gasteiger partial charge in [0.1, 0.15) is 0 Å². The summed E-state index contributed by atoms with van der Waals surface area (Å²) in [4.78, 5) is 14.5. The summed E-state index contributed by atoms with van der Waals surface area (Å²) in [5.41, 5.74) is 0.689. The van der Waals surface area contributed by atoms with Gasteiger partial charge in [-0.3, -0.25) is 4.79 Å². The molecule has 1 aliphatic heterocycles. The molecule has 1 amide bonds. The standard InChI is InChI=1S/C16H24ClN3O/c1-2-20(13-7-10-18-11-8-13)12-9-16(21)19-15-6-4-3-5-14(15)17/h3-6,13,18H,2,7-12H2,1H3,(H,19,21). The summed E-state index contributed by atoms with van der Waals surface area (Å²) in [7, 11) is 0. The van der Waals surface area contributed by atoms with Crippen LogP contribution in [0.5, 0.6) is 0 Å². The van der Waals surface area contributed by atoms with Gasteiger partial charge in [0.05, 0.1) is 10.7 Å². The van der Waals surface area contributed by atoms with Crippen molar-refractivity contribution in [2.24, 2.45) is 0 Å². The Bertz CT molecular complexity index is 461. The van der Waals surface area contributed by atoms with E-state index in [-0.39, 0.29) is 5.91 Å². The number of hydrogen-bond acceptors (Lipinski definition) is 3. The van der Waals surface area contributed by atoms with Crippen molar-refractivity contribution in [3.05, 3.63) is 29.3 Å². The van der Waals surface area contributed by atoms with Gasteiger partial charge in [-0.2, -0.15) is 0 Å². The molecule has 116 valence electrons. The van der Waals surface area contributed by atoms with E-state index in [1.54, 1.807) is 6.07 Å². The Hall–Kier alpha value is -1.10. The molecule has 1 fully saturated rings. The van der Waals surface area contributed by atoms with Gasteiger partial charge in [0, 0.05) is 19.0 Å². The lowest BCUT2D eigenvalue weighted by molar-refractivity contribution is -0.116. The molecule has 0 radical (unpaired) electrons. The highest BCUT2D eigenvalue weighted by atomic mass is 35.5. The number of nitrogens with zero attached hydrogens (tertiary/aromatic N) is 1. The van der Waals surface area contributed by atoms with E-state index in [0.29, 0.717) is 23.2 Å². The number of anilines is 1. The van der Waals surface area contributed by atoms with Crippen molar-refractivity contribution in [1.29, 1.82) is 0 Å². The number of piperidine rings is 1. The molecular weight excluding hydrogens is 286 g/mol. The lowest BCUT2D eigenvalue weighted by atomic mass is 10.0. The van der Waals surface area contributed by atoms with Crippen molar-refractivity contribution in [2.45, 2.75) is 32.2 Å². The first-order valence-electron chi connectivity index (χ1n) is 7.70. The molecule has 1 saturated heterocycles. The maximum absolute atomic E-state index is 12.1. The molecule has 0 aliphatic carbocycles. The molecule has 2 N–H and O–H groups in total. The molecule has 4 nitrogen and oxygen atoms in total. The highest BCUT2D eigenvalue weighted by Crippen LogP contribution is 2.20. The first-order valence-corrected chi connectivity index (χ1v) is 8.07. The molecule has 5 heteroatoms. The number of halogens is 1. The van der Waals surface area contributed by atoms with Crippen LogP contribution in [0.3, 0.4) is 0 Å². The first-order chi connectivity index (χ1) is 10.2. The van der Waals surface area contributed by atoms with Crippen LogP contribution >= 0.6 is 11.6 Å². The Morgan fingerprint density at radius 1 is 1.38 bits per heavy atom. The molecule has 1 aromatic carbocycles. The van der Waals surface area contributed by atoms with Crippen molar-refractivity contribution >= 4 is 23.2 Å². The second kappa shape index (κ2) is 8.37. The predicted molar refractivity (Wildman–Crippen MR) is 87.8 cm³/mol. The van der Waals surface area contributed by atoms with E-state index in [1.807, 2.05) is 18.2 Å². The van der Waals surface area contributed by atoms with Gasteiger partial charge in [-0.05, 0) is 44.6 Å². The summed E-state index contributed by atoms with van der Waals surface area (Å²) < 4.78 is 0. The topological polar surface area (TPSA) is 44.4 Å². The second-order valence-corrected chi connectivity index (χ2v) is 5.79. The maximum Gasteiger partial charge on any atom is 0.225 e. The molecule has 0 unspecified atom stereocenters. The molecule has 1 aliphatic rings. The van der Waals surface area contributed by atoms with Crippen molar-refractivity contribution in [1.82, 2.24) is 10.2 Å². The molecule has 0 atom stereocenters. The smallest absolute Gasteiger partial charge is 0.225 e. The van der Waals surface area contributed by atoms with Crippen LogP contribution in [-0.2, 0) is 4.79 Å². The normalized spacial score (nSPS) is 16.1. The van der Waals surface area contributed by atoms with Gasteiger partial charge in [-0.1, -0.05) is 30.7 Å². The largest absolute Gasteiger partial charge is 0.325 e. The van der Waals surface area contributed by atoms with Crippen LogP contribution in [0.4, 0.5) is 5.69 Å². The molecule has 21 heavy (non-hydrogen) atoms. The average molecular weight is 310 g/mol. The van der Waals surface area contributed by atoms with Crippen molar-refractivity contribution < 1.29 is 4.79 Å². The van der Waals surface area contributed by atoms with Crippen LogP contribution < -0.4 is 10.6 Å². The van der Waals surface area contributed by atoms with Crippen molar-refractivity contribution in [3.8, 4) is 0 Å². The minimum atomic E-state index is 0.0236. The Kier molecular flexibility index (Phi) is 6.49. The highest BCUT2D eigenvalue weighted by Gasteiger charge is 2.20. The van der Waals surface area contributed by atoms with Crippen LogP contribution in [-0.4, -0.2) is 43.0 Å². The highest BCUT2D eigenvalue weighted by molar-refractivity contribution is 6.33. The molecule has 0 aromatic heterocycles. The van der Waals surface area contributed by atoms with Crippen LogP contribution in [0.25, 0.3) is 0 Å². The summed E-state index contributed by atoms with van der Waals surface area (Å²) in [6.07, 6.45) is 2.84. The number of para-hydroxylation sites is 1. The van der Waals surface area contributed by atoms with E-state index in [1.165, 1.54) is 12.8 Å². The average Bonchev–Trinajstić information content (AvgIpc) is 2.51. The Labute approximate surface area is 131 Å². The fourth-order valence-corrected chi connectivity index (χ4v) is 2.97. The zero-order valence-electron chi connectivity index (χ0n) is 12.6. The van der Waals surface area contributed by atoms with E-state index in [2.05, 4.69) is 22.5 Å². The lowest BCUT2D eigenvalue weighted by Crippen LogP contribution is -2.44. The number of amides is 1. The SMILES string of the molecule is CCN(CCC(=O)Nc1ccccc1Cl)C1CCNCC1. The van der Waals surface area contributed by atoms with E-state index >= 15 is 0 Å². The van der Waals surface area contributed by atoms with E-state index in [4.69, 9.17) is 11.6 Å². The molecule has 2 rings (SSSR count). The van der Waals surface area contributed by atoms with Crippen LogP contribution in [0.2, 0.25) is 5.02 Å². The summed E-state index contributed by atoms with van der Waals surface area (Å²) >= 11 is 6.05. The third kappa shape index (κ3) is 4.99. The van der Waals surface area contributed by atoms with Gasteiger partial charge in [0.25, 0.3) is 0 Å². The molecule has 1 heterocycles. The lowest BCUT2D eigenvalue weighted by Gasteiger charge is -2.33. The molecular formula is C16H24ClN3O. The summed E-state index contributed by atoms with van der Waals surface area (Å²) in [5, 5.41) is 6.84. The Balaban J connectivity index is 1.80. The maximum atomic E-state index is 12.1. The molecule has 0 spiro atoms. The minimum absolute atomic E-state index is 0.0236. The van der Waals surface area contributed by atoms with Crippen LogP contribution in [0.1, 0.15) is 26.2 Å².